The summed E-state index contributed by atoms with van der Waals surface area (Å²) in [5, 5.41) is 6.86. The SMILES string of the molecule is Cc1cc(C)n2ncc(C(=O)NCc3cc(Br)ccc3OC(F)F)c2n1. The van der Waals surface area contributed by atoms with E-state index in [2.05, 4.69) is 36.1 Å². The van der Waals surface area contributed by atoms with Crippen molar-refractivity contribution in [1.82, 2.24) is 19.9 Å². The summed E-state index contributed by atoms with van der Waals surface area (Å²) in [6.07, 6.45) is 1.43. The number of nitrogens with one attached hydrogen (secondary N) is 1. The van der Waals surface area contributed by atoms with E-state index in [0.717, 1.165) is 11.4 Å². The van der Waals surface area contributed by atoms with Crippen LogP contribution in [0.25, 0.3) is 5.65 Å². The van der Waals surface area contributed by atoms with Gasteiger partial charge in [-0.2, -0.15) is 13.9 Å². The fourth-order valence-corrected chi connectivity index (χ4v) is 3.01. The van der Waals surface area contributed by atoms with Crippen LogP contribution in [-0.4, -0.2) is 27.1 Å². The van der Waals surface area contributed by atoms with Crippen LogP contribution in [0.1, 0.15) is 27.3 Å². The predicted octanol–water partition coefficient (Wildman–Crippen LogP) is 3.64. The normalized spacial score (nSPS) is 11.2. The Hall–Kier alpha value is -2.55. The second-order valence-electron chi connectivity index (χ2n) is 5.65. The summed E-state index contributed by atoms with van der Waals surface area (Å²) in [6.45, 7) is 0.770. The van der Waals surface area contributed by atoms with Gasteiger partial charge in [0.05, 0.1) is 6.20 Å². The molecule has 9 heteroatoms. The van der Waals surface area contributed by atoms with Crippen molar-refractivity contribution < 1.29 is 18.3 Å². The average molecular weight is 425 g/mol. The molecule has 1 N–H and O–H groups in total. The maximum atomic E-state index is 12.5. The van der Waals surface area contributed by atoms with Crippen molar-refractivity contribution in [2.75, 3.05) is 0 Å². The molecule has 1 aromatic carbocycles. The third-order valence-corrected chi connectivity index (χ3v) is 4.19. The summed E-state index contributed by atoms with van der Waals surface area (Å²) in [4.78, 5) is 16.9. The number of hydrogen-bond donors (Lipinski definition) is 1. The van der Waals surface area contributed by atoms with Crippen molar-refractivity contribution in [3.05, 3.63) is 57.4 Å². The quantitative estimate of drug-likeness (QED) is 0.678. The van der Waals surface area contributed by atoms with E-state index in [-0.39, 0.29) is 12.3 Å². The second kappa shape index (κ2) is 7.36. The highest BCUT2D eigenvalue weighted by atomic mass is 79.9. The highest BCUT2D eigenvalue weighted by Gasteiger charge is 2.17. The Morgan fingerprint density at radius 1 is 1.35 bits per heavy atom. The number of halogens is 3. The predicted molar refractivity (Wildman–Crippen MR) is 94.4 cm³/mol. The second-order valence-corrected chi connectivity index (χ2v) is 6.56. The maximum Gasteiger partial charge on any atom is 0.387 e. The third-order valence-electron chi connectivity index (χ3n) is 3.70. The van der Waals surface area contributed by atoms with Crippen molar-refractivity contribution in [3.63, 3.8) is 0 Å². The first-order valence-electron chi connectivity index (χ1n) is 7.68. The van der Waals surface area contributed by atoms with E-state index < -0.39 is 12.5 Å². The smallest absolute Gasteiger partial charge is 0.387 e. The largest absolute Gasteiger partial charge is 0.434 e. The van der Waals surface area contributed by atoms with Gasteiger partial charge >= 0.3 is 6.61 Å². The molecule has 0 bridgehead atoms. The zero-order valence-corrected chi connectivity index (χ0v) is 15.5. The zero-order valence-electron chi connectivity index (χ0n) is 14.0. The number of rotatable bonds is 5. The van der Waals surface area contributed by atoms with Gasteiger partial charge in [0, 0.05) is 28.0 Å². The Morgan fingerprint density at radius 3 is 2.85 bits per heavy atom. The molecule has 0 radical (unpaired) electrons. The Morgan fingerprint density at radius 2 is 2.12 bits per heavy atom. The summed E-state index contributed by atoms with van der Waals surface area (Å²) < 4.78 is 31.8. The number of ether oxygens (including phenoxy) is 1. The minimum absolute atomic E-state index is 0.00757. The van der Waals surface area contributed by atoms with E-state index in [4.69, 9.17) is 0 Å². The van der Waals surface area contributed by atoms with Gasteiger partial charge in [-0.15, -0.1) is 0 Å². The third kappa shape index (κ3) is 3.82. The number of nitrogens with zero attached hydrogens (tertiary/aromatic N) is 3. The Balaban J connectivity index is 1.83. The number of alkyl halides is 2. The molecule has 1 amide bonds. The minimum atomic E-state index is -2.94. The maximum absolute atomic E-state index is 12.5. The topological polar surface area (TPSA) is 68.5 Å². The molecular weight excluding hydrogens is 410 g/mol. The summed E-state index contributed by atoms with van der Waals surface area (Å²) in [5.74, 6) is -0.395. The number of carbonyl (C=O) groups excluding carboxylic acids is 1. The first-order valence-corrected chi connectivity index (χ1v) is 8.48. The Kier molecular flexibility index (Phi) is 5.17. The molecular formula is C17H15BrF2N4O2. The van der Waals surface area contributed by atoms with Crippen LogP contribution in [0.15, 0.2) is 34.9 Å². The van der Waals surface area contributed by atoms with Crippen molar-refractivity contribution in [2.45, 2.75) is 27.0 Å². The van der Waals surface area contributed by atoms with Crippen LogP contribution < -0.4 is 10.1 Å². The molecule has 0 aliphatic rings. The van der Waals surface area contributed by atoms with Gasteiger partial charge in [0.1, 0.15) is 11.3 Å². The lowest BCUT2D eigenvalue weighted by atomic mass is 10.2. The number of amides is 1. The van der Waals surface area contributed by atoms with Crippen LogP contribution in [0.2, 0.25) is 0 Å². The van der Waals surface area contributed by atoms with Crippen LogP contribution in [-0.2, 0) is 6.54 Å². The molecule has 26 heavy (non-hydrogen) atoms. The number of aromatic nitrogens is 3. The fraction of sp³-hybridized carbons (Fsp3) is 0.235. The Labute approximate surface area is 156 Å². The van der Waals surface area contributed by atoms with Crippen molar-refractivity contribution in [1.29, 1.82) is 0 Å². The van der Waals surface area contributed by atoms with Gasteiger partial charge in [-0.25, -0.2) is 9.50 Å². The highest BCUT2D eigenvalue weighted by molar-refractivity contribution is 9.10. The van der Waals surface area contributed by atoms with Crippen LogP contribution in [0, 0.1) is 13.8 Å². The molecule has 6 nitrogen and oxygen atoms in total. The minimum Gasteiger partial charge on any atom is -0.434 e. The number of benzene rings is 1. The monoisotopic (exact) mass is 424 g/mol. The molecule has 0 aliphatic heterocycles. The number of fused-ring (bicyclic) bond motifs is 1. The first-order chi connectivity index (χ1) is 12.3. The summed E-state index contributed by atoms with van der Waals surface area (Å²) >= 11 is 3.28. The van der Waals surface area contributed by atoms with Crippen LogP contribution in [0.3, 0.4) is 0 Å². The lowest BCUT2D eigenvalue weighted by Gasteiger charge is -2.12. The van der Waals surface area contributed by atoms with Crippen LogP contribution in [0.5, 0.6) is 5.75 Å². The molecule has 0 spiro atoms. The molecule has 0 saturated heterocycles. The molecule has 2 aromatic heterocycles. The molecule has 3 rings (SSSR count). The highest BCUT2D eigenvalue weighted by Crippen LogP contribution is 2.25. The molecule has 3 aromatic rings. The van der Waals surface area contributed by atoms with E-state index in [9.17, 15) is 13.6 Å². The number of hydrogen-bond acceptors (Lipinski definition) is 4. The molecule has 0 atom stereocenters. The molecule has 0 fully saturated rings. The van der Waals surface area contributed by atoms with E-state index in [1.807, 2.05) is 19.9 Å². The van der Waals surface area contributed by atoms with Gasteiger partial charge in [-0.05, 0) is 38.1 Å². The lowest BCUT2D eigenvalue weighted by molar-refractivity contribution is -0.0504. The summed E-state index contributed by atoms with van der Waals surface area (Å²) in [5.41, 5.74) is 2.79. The number of aryl methyl sites for hydroxylation is 2. The van der Waals surface area contributed by atoms with Gasteiger partial charge in [0.2, 0.25) is 0 Å². The van der Waals surface area contributed by atoms with Gasteiger partial charge in [-0.3, -0.25) is 4.79 Å². The Bertz CT molecular complexity index is 975. The van der Waals surface area contributed by atoms with Crippen molar-refractivity contribution in [3.8, 4) is 5.75 Å². The van der Waals surface area contributed by atoms with Crippen molar-refractivity contribution >= 4 is 27.5 Å². The van der Waals surface area contributed by atoms with E-state index in [1.54, 1.807) is 16.6 Å². The average Bonchev–Trinajstić information content (AvgIpc) is 2.98. The van der Waals surface area contributed by atoms with E-state index in [0.29, 0.717) is 21.2 Å². The van der Waals surface area contributed by atoms with Crippen molar-refractivity contribution in [2.24, 2.45) is 0 Å². The molecule has 0 aliphatic carbocycles. The fourth-order valence-electron chi connectivity index (χ4n) is 2.60. The van der Waals surface area contributed by atoms with Gasteiger partial charge in [0.25, 0.3) is 5.91 Å². The zero-order chi connectivity index (χ0) is 18.8. The molecule has 136 valence electrons. The summed E-state index contributed by atoms with van der Waals surface area (Å²) in [6, 6.07) is 6.48. The van der Waals surface area contributed by atoms with Gasteiger partial charge in [-0.1, -0.05) is 15.9 Å². The van der Waals surface area contributed by atoms with Gasteiger partial charge in [0.15, 0.2) is 5.65 Å². The molecule has 0 saturated carbocycles. The van der Waals surface area contributed by atoms with Crippen LogP contribution in [0.4, 0.5) is 8.78 Å². The standard InChI is InChI=1S/C17H15BrF2N4O2/c1-9-5-10(2)24-15(23-9)13(8-22-24)16(25)21-7-11-6-12(18)3-4-14(11)26-17(19)20/h3-6,8,17H,7H2,1-2H3,(H,21,25). The number of carbonyl (C=O) groups is 1. The van der Waals surface area contributed by atoms with Gasteiger partial charge < -0.3 is 10.1 Å². The van der Waals surface area contributed by atoms with Crippen LogP contribution >= 0.6 is 15.9 Å². The first kappa shape index (κ1) is 18.2. The lowest BCUT2D eigenvalue weighted by Crippen LogP contribution is -2.23. The summed E-state index contributed by atoms with van der Waals surface area (Å²) in [7, 11) is 0. The molecule has 0 unspecified atom stereocenters. The molecule has 2 heterocycles. The van der Waals surface area contributed by atoms with E-state index >= 15 is 0 Å². The van der Waals surface area contributed by atoms with E-state index in [1.165, 1.54) is 12.3 Å².